The molecule has 7 nitrogen and oxygen atoms in total. The molecule has 2 N–H and O–H groups in total. The Balaban J connectivity index is 1.37. The zero-order valence-electron chi connectivity index (χ0n) is 18.5. The van der Waals surface area contributed by atoms with Crippen LogP contribution in [0, 0.1) is 0 Å². The largest absolute Gasteiger partial charge is 0.350 e. The Kier molecular flexibility index (Phi) is 5.78. The van der Waals surface area contributed by atoms with E-state index in [0.717, 1.165) is 50.2 Å². The van der Waals surface area contributed by atoms with Crippen molar-refractivity contribution in [3.8, 4) is 0 Å². The van der Waals surface area contributed by atoms with Crippen LogP contribution in [0.5, 0.6) is 0 Å². The van der Waals surface area contributed by atoms with Gasteiger partial charge in [-0.25, -0.2) is 14.8 Å². The number of hydrazine groups is 1. The lowest BCUT2D eigenvalue weighted by molar-refractivity contribution is -0.158. The molecule has 0 aliphatic carbocycles. The molecular weight excluding hydrogens is 400 g/mol. The van der Waals surface area contributed by atoms with E-state index in [1.807, 2.05) is 30.5 Å². The highest BCUT2D eigenvalue weighted by molar-refractivity contribution is 5.81. The number of carbonyl (C=O) groups is 1. The molecule has 1 unspecified atom stereocenters. The number of fused-ring (bicyclic) bond motifs is 2. The molecule has 2 atom stereocenters. The molecule has 2 saturated heterocycles. The van der Waals surface area contributed by atoms with Gasteiger partial charge in [0.2, 0.25) is 0 Å². The van der Waals surface area contributed by atoms with Crippen LogP contribution in [0.1, 0.15) is 24.1 Å². The lowest BCUT2D eigenvalue weighted by atomic mass is 10.1. The summed E-state index contributed by atoms with van der Waals surface area (Å²) in [6.45, 7) is 7.28. The third kappa shape index (κ3) is 3.95. The number of rotatable bonds is 4. The van der Waals surface area contributed by atoms with Crippen molar-refractivity contribution in [1.29, 1.82) is 0 Å². The van der Waals surface area contributed by atoms with E-state index in [9.17, 15) is 4.79 Å². The van der Waals surface area contributed by atoms with Gasteiger partial charge < -0.3 is 5.73 Å². The highest BCUT2D eigenvalue weighted by Crippen LogP contribution is 2.29. The van der Waals surface area contributed by atoms with Gasteiger partial charge in [0.15, 0.2) is 0 Å². The third-order valence-corrected chi connectivity index (χ3v) is 6.79. The number of carbonyl (C=O) groups excluding carboxylic acids is 1. The SMILES string of the molecule is C[C@H](c1ccccc1)N1CCN2CCN(Cc3cccc4cccnc34)CC2N1C(N)=O. The summed E-state index contributed by atoms with van der Waals surface area (Å²) in [6, 6.07) is 20.4. The van der Waals surface area contributed by atoms with Crippen LogP contribution in [0.4, 0.5) is 4.79 Å². The fraction of sp³-hybridized carbons (Fsp3) is 0.360. The van der Waals surface area contributed by atoms with Crippen LogP contribution >= 0.6 is 0 Å². The van der Waals surface area contributed by atoms with Gasteiger partial charge >= 0.3 is 6.03 Å². The standard InChI is InChI=1S/C25H30N6O/c1-19(20-7-3-2-4-8-20)30-16-15-29-14-13-28(18-23(29)31(30)25(26)32)17-22-10-5-9-21-11-6-12-27-24(21)22/h2-12,19,23H,13-18H2,1H3,(H2,26,32)/t19-,23?/m1/s1. The smallest absolute Gasteiger partial charge is 0.330 e. The molecule has 2 aromatic carbocycles. The molecule has 0 saturated carbocycles. The van der Waals surface area contributed by atoms with Crippen molar-refractivity contribution in [2.24, 2.45) is 5.73 Å². The second-order valence-electron chi connectivity index (χ2n) is 8.68. The number of aromatic nitrogens is 1. The lowest BCUT2D eigenvalue weighted by Crippen LogP contribution is -2.71. The average molecular weight is 431 g/mol. The molecule has 3 heterocycles. The molecule has 7 heteroatoms. The number of hydrogen-bond donors (Lipinski definition) is 1. The second-order valence-corrected chi connectivity index (χ2v) is 8.68. The molecule has 0 radical (unpaired) electrons. The van der Waals surface area contributed by atoms with Gasteiger partial charge in [0.1, 0.15) is 6.17 Å². The van der Waals surface area contributed by atoms with Crippen molar-refractivity contribution >= 4 is 16.9 Å². The first-order valence-corrected chi connectivity index (χ1v) is 11.3. The molecule has 0 bridgehead atoms. The van der Waals surface area contributed by atoms with E-state index >= 15 is 0 Å². The Morgan fingerprint density at radius 1 is 1.03 bits per heavy atom. The first-order chi connectivity index (χ1) is 15.6. The zero-order chi connectivity index (χ0) is 22.1. The van der Waals surface area contributed by atoms with Crippen LogP contribution in [0.3, 0.4) is 0 Å². The van der Waals surface area contributed by atoms with Gasteiger partial charge in [0.25, 0.3) is 0 Å². The highest BCUT2D eigenvalue weighted by Gasteiger charge is 2.41. The Labute approximate surface area is 189 Å². The molecule has 2 amide bonds. The summed E-state index contributed by atoms with van der Waals surface area (Å²) in [4.78, 5) is 22.1. The lowest BCUT2D eigenvalue weighted by Gasteiger charge is -2.54. The maximum Gasteiger partial charge on any atom is 0.330 e. The van der Waals surface area contributed by atoms with Crippen LogP contribution in [-0.2, 0) is 6.54 Å². The summed E-state index contributed by atoms with van der Waals surface area (Å²) in [6.07, 6.45) is 1.78. The Hall–Kier alpha value is -3.00. The maximum absolute atomic E-state index is 12.6. The summed E-state index contributed by atoms with van der Waals surface area (Å²) in [5, 5.41) is 5.08. The minimum Gasteiger partial charge on any atom is -0.350 e. The van der Waals surface area contributed by atoms with E-state index in [2.05, 4.69) is 63.1 Å². The molecule has 32 heavy (non-hydrogen) atoms. The van der Waals surface area contributed by atoms with Crippen molar-refractivity contribution < 1.29 is 4.79 Å². The summed E-state index contributed by atoms with van der Waals surface area (Å²) >= 11 is 0. The highest BCUT2D eigenvalue weighted by atomic mass is 16.2. The van der Waals surface area contributed by atoms with Crippen LogP contribution in [0.2, 0.25) is 0 Å². The normalized spacial score (nSPS) is 21.4. The molecule has 166 valence electrons. The predicted molar refractivity (Wildman–Crippen MR) is 125 cm³/mol. The molecular formula is C25H30N6O. The molecule has 0 spiro atoms. The summed E-state index contributed by atoms with van der Waals surface area (Å²) < 4.78 is 0. The maximum atomic E-state index is 12.6. The van der Waals surface area contributed by atoms with Gasteiger partial charge in [0, 0.05) is 50.9 Å². The predicted octanol–water partition coefficient (Wildman–Crippen LogP) is 3.05. The number of para-hydroxylation sites is 1. The molecule has 3 aromatic rings. The van der Waals surface area contributed by atoms with Gasteiger partial charge in [-0.05, 0) is 24.1 Å². The van der Waals surface area contributed by atoms with E-state index in [-0.39, 0.29) is 12.2 Å². The summed E-state index contributed by atoms with van der Waals surface area (Å²) in [7, 11) is 0. The number of benzene rings is 2. The number of urea groups is 1. The van der Waals surface area contributed by atoms with Crippen LogP contribution in [0.15, 0.2) is 66.9 Å². The van der Waals surface area contributed by atoms with E-state index in [1.165, 1.54) is 11.1 Å². The fourth-order valence-electron chi connectivity index (χ4n) is 5.10. The van der Waals surface area contributed by atoms with Crippen molar-refractivity contribution in [3.63, 3.8) is 0 Å². The van der Waals surface area contributed by atoms with E-state index in [1.54, 1.807) is 5.01 Å². The quantitative estimate of drug-likeness (QED) is 0.689. The Morgan fingerprint density at radius 2 is 1.81 bits per heavy atom. The molecule has 2 aliphatic rings. The Morgan fingerprint density at radius 3 is 2.62 bits per heavy atom. The third-order valence-electron chi connectivity index (χ3n) is 6.79. The van der Waals surface area contributed by atoms with Crippen molar-refractivity contribution in [1.82, 2.24) is 24.8 Å². The van der Waals surface area contributed by atoms with Gasteiger partial charge in [-0.1, -0.05) is 54.6 Å². The number of nitrogens with zero attached hydrogens (tertiary/aromatic N) is 5. The molecule has 5 rings (SSSR count). The second kappa shape index (κ2) is 8.86. The van der Waals surface area contributed by atoms with Gasteiger partial charge in [-0.3, -0.25) is 14.8 Å². The fourth-order valence-corrected chi connectivity index (χ4v) is 5.10. The first-order valence-electron chi connectivity index (χ1n) is 11.3. The zero-order valence-corrected chi connectivity index (χ0v) is 18.5. The molecule has 1 aromatic heterocycles. The molecule has 2 aliphatic heterocycles. The molecule has 2 fully saturated rings. The van der Waals surface area contributed by atoms with E-state index in [0.29, 0.717) is 0 Å². The van der Waals surface area contributed by atoms with Crippen LogP contribution in [-0.4, -0.2) is 69.7 Å². The van der Waals surface area contributed by atoms with Gasteiger partial charge in [-0.15, -0.1) is 0 Å². The van der Waals surface area contributed by atoms with Crippen LogP contribution in [0.25, 0.3) is 10.9 Å². The van der Waals surface area contributed by atoms with Crippen molar-refractivity contribution in [2.75, 3.05) is 32.7 Å². The number of amides is 2. The summed E-state index contributed by atoms with van der Waals surface area (Å²) in [5.41, 5.74) is 9.39. The minimum absolute atomic E-state index is 0.0657. The van der Waals surface area contributed by atoms with Gasteiger partial charge in [0.05, 0.1) is 11.6 Å². The van der Waals surface area contributed by atoms with Crippen molar-refractivity contribution in [3.05, 3.63) is 78.0 Å². The van der Waals surface area contributed by atoms with Crippen LogP contribution < -0.4 is 5.73 Å². The van der Waals surface area contributed by atoms with E-state index < -0.39 is 6.03 Å². The number of pyridine rings is 1. The monoisotopic (exact) mass is 430 g/mol. The number of hydrogen-bond acceptors (Lipinski definition) is 5. The first kappa shape index (κ1) is 20.9. The van der Waals surface area contributed by atoms with Gasteiger partial charge in [-0.2, -0.15) is 0 Å². The topological polar surface area (TPSA) is 68.9 Å². The number of primary amides is 1. The minimum atomic E-state index is -0.392. The average Bonchev–Trinajstić information content (AvgIpc) is 2.83. The Bertz CT molecular complexity index is 1080. The van der Waals surface area contributed by atoms with Crippen molar-refractivity contribution in [2.45, 2.75) is 25.7 Å². The number of piperazine rings is 1. The van der Waals surface area contributed by atoms with E-state index in [4.69, 9.17) is 5.73 Å². The summed E-state index contributed by atoms with van der Waals surface area (Å²) in [5.74, 6) is 0. The number of nitrogens with two attached hydrogens (primary N) is 1.